The van der Waals surface area contributed by atoms with Gasteiger partial charge in [-0.15, -0.1) is 0 Å². The molecule has 1 aromatic heterocycles. The highest BCUT2D eigenvalue weighted by Gasteiger charge is 2.16. The number of carbonyl (C=O) groups is 1. The zero-order valence-corrected chi connectivity index (χ0v) is 10.9. The van der Waals surface area contributed by atoms with E-state index < -0.39 is 5.97 Å². The van der Waals surface area contributed by atoms with E-state index in [4.69, 9.17) is 5.11 Å². The van der Waals surface area contributed by atoms with E-state index in [1.165, 1.54) is 12.1 Å². The summed E-state index contributed by atoms with van der Waals surface area (Å²) >= 11 is 0. The van der Waals surface area contributed by atoms with Crippen molar-refractivity contribution in [3.8, 4) is 11.3 Å². The molecule has 5 nitrogen and oxygen atoms in total. The summed E-state index contributed by atoms with van der Waals surface area (Å²) in [6, 6.07) is 6.04. The van der Waals surface area contributed by atoms with Crippen molar-refractivity contribution in [1.29, 1.82) is 0 Å². The molecular formula is C15H12FN3O2. The molecular weight excluding hydrogens is 273 g/mol. The molecule has 0 radical (unpaired) electrons. The minimum absolute atomic E-state index is 0.138. The maximum absolute atomic E-state index is 13.0. The van der Waals surface area contributed by atoms with Gasteiger partial charge in [-0.1, -0.05) is 6.08 Å². The number of carboxylic acids is 1. The second kappa shape index (κ2) is 5.24. The first-order chi connectivity index (χ1) is 10.1. The van der Waals surface area contributed by atoms with Crippen LogP contribution in [0.4, 0.5) is 4.39 Å². The minimum Gasteiger partial charge on any atom is -0.477 e. The molecule has 0 atom stereocenters. The van der Waals surface area contributed by atoms with Crippen LogP contribution < -0.4 is 5.32 Å². The summed E-state index contributed by atoms with van der Waals surface area (Å²) in [6.07, 6.45) is 5.07. The number of allylic oxidation sites excluding steroid dienone is 2. The summed E-state index contributed by atoms with van der Waals surface area (Å²) < 4.78 is 13.0. The van der Waals surface area contributed by atoms with Crippen molar-refractivity contribution in [2.24, 2.45) is 0 Å². The number of H-pyrrole nitrogens is 1. The van der Waals surface area contributed by atoms with E-state index in [2.05, 4.69) is 15.5 Å². The number of nitrogens with one attached hydrogen (secondary N) is 2. The van der Waals surface area contributed by atoms with Gasteiger partial charge in [0.15, 0.2) is 0 Å². The van der Waals surface area contributed by atoms with E-state index in [1.807, 2.05) is 6.08 Å². The molecule has 3 rings (SSSR count). The Hall–Kier alpha value is -2.89. The van der Waals surface area contributed by atoms with Gasteiger partial charge in [0.05, 0.1) is 11.9 Å². The number of halogens is 1. The van der Waals surface area contributed by atoms with Gasteiger partial charge in [-0.2, -0.15) is 5.10 Å². The molecule has 6 heteroatoms. The van der Waals surface area contributed by atoms with Gasteiger partial charge in [0.25, 0.3) is 0 Å². The van der Waals surface area contributed by atoms with Crippen LogP contribution in [0.25, 0.3) is 16.8 Å². The molecule has 0 bridgehead atoms. The third-order valence-corrected chi connectivity index (χ3v) is 3.23. The van der Waals surface area contributed by atoms with E-state index in [9.17, 15) is 9.18 Å². The van der Waals surface area contributed by atoms with E-state index in [0.29, 0.717) is 6.54 Å². The predicted molar refractivity (Wildman–Crippen MR) is 75.7 cm³/mol. The number of aliphatic carboxylic acids is 1. The van der Waals surface area contributed by atoms with Crippen LogP contribution in [-0.4, -0.2) is 27.8 Å². The first-order valence-electron chi connectivity index (χ1n) is 6.34. The molecule has 3 N–H and O–H groups in total. The summed E-state index contributed by atoms with van der Waals surface area (Å²) in [6.45, 7) is 0.432. The second-order valence-corrected chi connectivity index (χ2v) is 4.57. The van der Waals surface area contributed by atoms with Crippen LogP contribution in [0.2, 0.25) is 0 Å². The number of aromatic nitrogens is 2. The fourth-order valence-corrected chi connectivity index (χ4v) is 2.20. The smallest absolute Gasteiger partial charge is 0.351 e. The molecule has 1 aliphatic heterocycles. The van der Waals surface area contributed by atoms with Crippen LogP contribution in [0.3, 0.4) is 0 Å². The van der Waals surface area contributed by atoms with Crippen molar-refractivity contribution < 1.29 is 14.3 Å². The van der Waals surface area contributed by atoms with Crippen LogP contribution in [0, 0.1) is 5.82 Å². The van der Waals surface area contributed by atoms with Crippen LogP contribution >= 0.6 is 0 Å². The summed E-state index contributed by atoms with van der Waals surface area (Å²) in [5.41, 5.74) is 3.19. The predicted octanol–water partition coefficient (Wildman–Crippen LogP) is 2.17. The second-order valence-electron chi connectivity index (χ2n) is 4.57. The Morgan fingerprint density at radius 1 is 1.29 bits per heavy atom. The van der Waals surface area contributed by atoms with Crippen molar-refractivity contribution in [1.82, 2.24) is 15.5 Å². The molecule has 0 aliphatic carbocycles. The molecule has 0 fully saturated rings. The van der Waals surface area contributed by atoms with Crippen molar-refractivity contribution >= 4 is 11.5 Å². The van der Waals surface area contributed by atoms with Crippen LogP contribution in [0.1, 0.15) is 5.56 Å². The topological polar surface area (TPSA) is 78.0 Å². The van der Waals surface area contributed by atoms with E-state index in [0.717, 1.165) is 22.4 Å². The van der Waals surface area contributed by atoms with Crippen LogP contribution in [-0.2, 0) is 4.79 Å². The number of rotatable bonds is 3. The number of hydrogen-bond donors (Lipinski definition) is 3. The number of nitrogens with zero attached hydrogens (tertiary/aromatic N) is 1. The SMILES string of the molecule is O=C(O)C1=CC(c2cn[nH]c2-c2ccc(F)cc2)=CCN1. The minimum atomic E-state index is -1.01. The van der Waals surface area contributed by atoms with E-state index in [1.54, 1.807) is 24.4 Å². The Labute approximate surface area is 119 Å². The van der Waals surface area contributed by atoms with Gasteiger partial charge < -0.3 is 10.4 Å². The molecule has 0 saturated heterocycles. The fourth-order valence-electron chi connectivity index (χ4n) is 2.20. The van der Waals surface area contributed by atoms with Gasteiger partial charge in [-0.3, -0.25) is 5.10 Å². The van der Waals surface area contributed by atoms with Gasteiger partial charge in [-0.05, 0) is 35.9 Å². The lowest BCUT2D eigenvalue weighted by Crippen LogP contribution is -2.23. The Morgan fingerprint density at radius 3 is 2.76 bits per heavy atom. The number of carboxylic acid groups (broad SMARTS) is 1. The molecule has 0 saturated carbocycles. The van der Waals surface area contributed by atoms with Crippen molar-refractivity contribution in [3.05, 3.63) is 59.7 Å². The third kappa shape index (κ3) is 2.55. The highest BCUT2D eigenvalue weighted by atomic mass is 19.1. The monoisotopic (exact) mass is 285 g/mol. The number of hydrogen-bond acceptors (Lipinski definition) is 3. The largest absolute Gasteiger partial charge is 0.477 e. The summed E-state index contributed by atoms with van der Waals surface area (Å²) in [5, 5.41) is 18.7. The van der Waals surface area contributed by atoms with Crippen LogP contribution in [0.5, 0.6) is 0 Å². The Bertz CT molecular complexity index is 745. The van der Waals surface area contributed by atoms with Crippen molar-refractivity contribution in [3.63, 3.8) is 0 Å². The van der Waals surface area contributed by atoms with Gasteiger partial charge in [0, 0.05) is 17.7 Å². The van der Waals surface area contributed by atoms with E-state index in [-0.39, 0.29) is 11.5 Å². The average Bonchev–Trinajstić information content (AvgIpc) is 2.97. The summed E-state index contributed by atoms with van der Waals surface area (Å²) in [7, 11) is 0. The van der Waals surface area contributed by atoms with Gasteiger partial charge in [0.1, 0.15) is 11.5 Å². The number of benzene rings is 1. The van der Waals surface area contributed by atoms with Gasteiger partial charge in [0.2, 0.25) is 0 Å². The standard InChI is InChI=1S/C15H12FN3O2/c16-11-3-1-9(2-4-11)14-12(8-18-19-14)10-5-6-17-13(7-10)15(20)21/h1-5,7-8,17H,6H2,(H,18,19)(H,20,21). The zero-order chi connectivity index (χ0) is 14.8. The van der Waals surface area contributed by atoms with Crippen LogP contribution in [0.15, 0.2) is 48.3 Å². The first-order valence-corrected chi connectivity index (χ1v) is 6.34. The quantitative estimate of drug-likeness (QED) is 0.807. The summed E-state index contributed by atoms with van der Waals surface area (Å²) in [5.74, 6) is -1.32. The summed E-state index contributed by atoms with van der Waals surface area (Å²) in [4.78, 5) is 11.0. The lowest BCUT2D eigenvalue weighted by atomic mass is 9.99. The lowest BCUT2D eigenvalue weighted by molar-refractivity contribution is -0.133. The van der Waals surface area contributed by atoms with E-state index >= 15 is 0 Å². The maximum atomic E-state index is 13.0. The molecule has 2 aromatic rings. The van der Waals surface area contributed by atoms with Crippen molar-refractivity contribution in [2.75, 3.05) is 6.54 Å². The highest BCUT2D eigenvalue weighted by molar-refractivity contribution is 5.93. The zero-order valence-electron chi connectivity index (χ0n) is 10.9. The molecule has 0 spiro atoms. The lowest BCUT2D eigenvalue weighted by Gasteiger charge is -2.13. The number of aromatic amines is 1. The Balaban J connectivity index is 2.02. The van der Waals surface area contributed by atoms with Crippen molar-refractivity contribution in [2.45, 2.75) is 0 Å². The third-order valence-electron chi connectivity index (χ3n) is 3.23. The molecule has 2 heterocycles. The molecule has 106 valence electrons. The normalized spacial score (nSPS) is 14.1. The Morgan fingerprint density at radius 2 is 2.05 bits per heavy atom. The Kier molecular flexibility index (Phi) is 3.27. The molecule has 1 aromatic carbocycles. The number of dihydropyridines is 1. The molecule has 0 unspecified atom stereocenters. The van der Waals surface area contributed by atoms with Gasteiger partial charge in [-0.25, -0.2) is 9.18 Å². The molecule has 0 amide bonds. The molecule has 1 aliphatic rings. The molecule has 21 heavy (non-hydrogen) atoms. The maximum Gasteiger partial charge on any atom is 0.351 e. The fraction of sp³-hybridized carbons (Fsp3) is 0.0667. The highest BCUT2D eigenvalue weighted by Crippen LogP contribution is 2.29. The van der Waals surface area contributed by atoms with Gasteiger partial charge >= 0.3 is 5.97 Å². The average molecular weight is 285 g/mol. The first kappa shape index (κ1) is 13.1.